The third-order valence-electron chi connectivity index (χ3n) is 2.09. The second kappa shape index (κ2) is 10.1. The van der Waals surface area contributed by atoms with Crippen molar-refractivity contribution in [2.45, 2.75) is 53.5 Å². The molecule has 0 aromatic rings. The first-order valence-corrected chi connectivity index (χ1v) is 5.87. The molecule has 0 bridgehead atoms. The molecule has 0 spiro atoms. The van der Waals surface area contributed by atoms with Gasteiger partial charge < -0.3 is 0 Å². The molecule has 0 fully saturated rings. The van der Waals surface area contributed by atoms with E-state index in [4.69, 9.17) is 9.59 Å². The van der Waals surface area contributed by atoms with E-state index >= 15 is 0 Å². The summed E-state index contributed by atoms with van der Waals surface area (Å²) in [5.41, 5.74) is 1.82. The van der Waals surface area contributed by atoms with Crippen molar-refractivity contribution in [3.63, 3.8) is 0 Å². The van der Waals surface area contributed by atoms with Crippen LogP contribution in [0.5, 0.6) is 0 Å². The summed E-state index contributed by atoms with van der Waals surface area (Å²) in [7, 11) is 0. The van der Waals surface area contributed by atoms with Crippen molar-refractivity contribution >= 4 is 23.0 Å². The molecule has 0 aliphatic carbocycles. The summed E-state index contributed by atoms with van der Waals surface area (Å²) in [6.45, 7) is 9.74. The van der Waals surface area contributed by atoms with Gasteiger partial charge in [-0.2, -0.15) is 0 Å². The Balaban J connectivity index is 0. The van der Waals surface area contributed by atoms with Crippen molar-refractivity contribution in [3.8, 4) is 0 Å². The first-order valence-electron chi connectivity index (χ1n) is 5.87. The van der Waals surface area contributed by atoms with Crippen LogP contribution in [0.15, 0.2) is 9.98 Å². The number of rotatable bonds is 7. The Hall–Kier alpha value is -0.826. The topological polar surface area (TPSA) is 67.5 Å². The van der Waals surface area contributed by atoms with Crippen LogP contribution in [0, 0.1) is 0 Å². The normalized spacial score (nSPS) is 13.8. The molecule has 18 heavy (non-hydrogen) atoms. The molecule has 0 rings (SSSR count). The van der Waals surface area contributed by atoms with Gasteiger partial charge in [0, 0.05) is 41.8 Å². The maximum atomic E-state index is 9.13. The molecule has 2 N–H and O–H groups in total. The molecule has 0 saturated carbocycles. The van der Waals surface area contributed by atoms with E-state index in [-0.39, 0.29) is 22.5 Å². The summed E-state index contributed by atoms with van der Waals surface area (Å²) >= 11 is 0. The van der Waals surface area contributed by atoms with Crippen LogP contribution in [-0.2, 0) is 16.5 Å². The van der Waals surface area contributed by atoms with Crippen LogP contribution in [0.2, 0.25) is 0 Å². The summed E-state index contributed by atoms with van der Waals surface area (Å²) in [5.74, 6) is 0.757. The Morgan fingerprint density at radius 1 is 0.944 bits per heavy atom. The van der Waals surface area contributed by atoms with Crippen LogP contribution < -0.4 is 0 Å². The first-order chi connectivity index (χ1) is 7.81. The first kappa shape index (κ1) is 19.5. The molecule has 0 aromatic heterocycles. The molecule has 0 saturated heterocycles. The summed E-state index contributed by atoms with van der Waals surface area (Å²) in [5, 5.41) is 0. The van der Waals surface area contributed by atoms with Gasteiger partial charge in [0.25, 0.3) is 11.6 Å². The average molecular weight is 299 g/mol. The van der Waals surface area contributed by atoms with E-state index < -0.39 is 0 Å². The summed E-state index contributed by atoms with van der Waals surface area (Å²) in [6, 6.07) is 0.100. The molecule has 1 atom stereocenters. The van der Waals surface area contributed by atoms with E-state index in [1.807, 2.05) is 20.8 Å². The molecule has 0 radical (unpaired) electrons. The second-order valence-corrected chi connectivity index (χ2v) is 4.61. The van der Waals surface area contributed by atoms with Gasteiger partial charge in [-0.3, -0.25) is 19.6 Å². The molecular formula is C13H24N2NiO2+2. The predicted octanol–water partition coefficient (Wildman–Crippen LogP) is 2.20. The van der Waals surface area contributed by atoms with Crippen LogP contribution in [0.4, 0.5) is 0 Å². The molecule has 0 aromatic carbocycles. The maximum absolute atomic E-state index is 9.13. The van der Waals surface area contributed by atoms with Crippen molar-refractivity contribution in [2.75, 3.05) is 6.54 Å². The molecule has 5 heteroatoms. The number of carbonyl (C=O) groups excluding carboxylic acids is 2. The minimum atomic E-state index is 0. The fourth-order valence-corrected chi connectivity index (χ4v) is 1.55. The Morgan fingerprint density at radius 3 is 1.83 bits per heavy atom. The molecule has 0 aliphatic heterocycles. The minimum Gasteiger partial charge on any atom is -0.292 e. The Morgan fingerprint density at radius 2 is 1.39 bits per heavy atom. The van der Waals surface area contributed by atoms with Gasteiger partial charge in [0.05, 0.1) is 25.4 Å². The molecule has 1 unspecified atom stereocenters. The minimum absolute atomic E-state index is 0. The van der Waals surface area contributed by atoms with Crippen molar-refractivity contribution in [1.82, 2.24) is 0 Å². The van der Waals surface area contributed by atoms with Crippen LogP contribution in [-0.4, -0.2) is 45.2 Å². The van der Waals surface area contributed by atoms with Crippen molar-refractivity contribution in [1.29, 1.82) is 0 Å². The molecule has 0 amide bonds. The zero-order chi connectivity index (χ0) is 13.4. The number of ketones is 2. The van der Waals surface area contributed by atoms with Gasteiger partial charge in [0.1, 0.15) is 0 Å². The van der Waals surface area contributed by atoms with Gasteiger partial charge in [0.15, 0.2) is 0 Å². The quantitative estimate of drug-likeness (QED) is 0.393. The van der Waals surface area contributed by atoms with Gasteiger partial charge in [-0.25, -0.2) is 0 Å². The fraction of sp³-hybridized carbons (Fsp3) is 0.692. The van der Waals surface area contributed by atoms with E-state index in [0.717, 1.165) is 11.4 Å². The van der Waals surface area contributed by atoms with Gasteiger partial charge in [-0.05, 0) is 20.8 Å². The van der Waals surface area contributed by atoms with Gasteiger partial charge in [0.2, 0.25) is 0 Å². The van der Waals surface area contributed by atoms with Crippen LogP contribution in [0.3, 0.4) is 0 Å². The monoisotopic (exact) mass is 298 g/mol. The molecular weight excluding hydrogens is 275 g/mol. The number of aliphatic imine (C=N–C) groups is 2. The standard InChI is InChI=1S/C13H22N2O2.Ni/c1-9(6-12(4)16)14-8-11(3)15-10(2)7-13(5)17;/h11H,6-8H2,1-5H3;/p+2. The molecule has 4 nitrogen and oxygen atoms in total. The summed E-state index contributed by atoms with van der Waals surface area (Å²) in [4.78, 5) is 27.0. The van der Waals surface area contributed by atoms with Crippen molar-refractivity contribution in [2.24, 2.45) is 9.98 Å². The number of nitrogens with zero attached hydrogens (tertiary/aromatic N) is 2. The Kier molecular flexibility index (Phi) is 11.0. The van der Waals surface area contributed by atoms with E-state index in [2.05, 4.69) is 9.98 Å². The maximum Gasteiger partial charge on any atom is 0.295 e. The largest absolute Gasteiger partial charge is 0.295 e. The zero-order valence-corrected chi connectivity index (χ0v) is 12.8. The summed E-state index contributed by atoms with van der Waals surface area (Å²) in [6.07, 6.45) is 1.05. The smallest absolute Gasteiger partial charge is 0.292 e. The third kappa shape index (κ3) is 11.7. The molecule has 0 aliphatic rings. The number of hydrogen-bond acceptors (Lipinski definition) is 2. The van der Waals surface area contributed by atoms with Crippen LogP contribution in [0.1, 0.15) is 47.5 Å². The third-order valence-corrected chi connectivity index (χ3v) is 2.09. The van der Waals surface area contributed by atoms with Gasteiger partial charge >= 0.3 is 0 Å². The van der Waals surface area contributed by atoms with E-state index in [1.165, 1.54) is 0 Å². The molecule has 106 valence electrons. The predicted molar refractivity (Wildman–Crippen MR) is 75.0 cm³/mol. The number of hydrogen-bond donors (Lipinski definition) is 0. The zero-order valence-electron chi connectivity index (χ0n) is 11.8. The average Bonchev–Trinajstić information content (AvgIpc) is 2.12. The van der Waals surface area contributed by atoms with Gasteiger partial charge in [-0.15, -0.1) is 0 Å². The van der Waals surface area contributed by atoms with E-state index in [0.29, 0.717) is 31.0 Å². The van der Waals surface area contributed by atoms with Crippen LogP contribution >= 0.6 is 0 Å². The van der Waals surface area contributed by atoms with Crippen molar-refractivity contribution < 1.29 is 26.1 Å². The van der Waals surface area contributed by atoms with E-state index in [9.17, 15) is 0 Å². The summed E-state index contributed by atoms with van der Waals surface area (Å²) < 4.78 is 0. The van der Waals surface area contributed by atoms with E-state index in [1.54, 1.807) is 13.8 Å². The Labute approximate surface area is 119 Å². The fourth-order valence-electron chi connectivity index (χ4n) is 1.55. The SMILES string of the molecule is CC(=[OH+])CC(C)=NCC(C)N=C(C)CC(C)=[OH+].[Ni]. The van der Waals surface area contributed by atoms with Gasteiger partial charge in [-0.1, -0.05) is 0 Å². The molecule has 0 heterocycles. The second-order valence-electron chi connectivity index (χ2n) is 4.61. The van der Waals surface area contributed by atoms with Crippen LogP contribution in [0.25, 0.3) is 0 Å². The van der Waals surface area contributed by atoms with Crippen molar-refractivity contribution in [3.05, 3.63) is 0 Å². The Bertz CT molecular complexity index is 349.